The number of β-lactam (4-membered cyclic amide) rings is 1. The molecule has 8 nitrogen and oxygen atoms in total. The Morgan fingerprint density at radius 2 is 2.12 bits per heavy atom. The lowest BCUT2D eigenvalue weighted by atomic mass is 9.69. The van der Waals surface area contributed by atoms with Crippen LogP contribution in [0.15, 0.2) is 11.3 Å². The molecule has 0 radical (unpaired) electrons. The van der Waals surface area contributed by atoms with Gasteiger partial charge in [0.05, 0.1) is 31.2 Å². The lowest BCUT2D eigenvalue weighted by Crippen LogP contribution is -2.64. The number of amides is 1. The van der Waals surface area contributed by atoms with Crippen molar-refractivity contribution in [3.8, 4) is 0 Å². The van der Waals surface area contributed by atoms with E-state index in [9.17, 15) is 24.6 Å². The van der Waals surface area contributed by atoms with E-state index >= 15 is 0 Å². The van der Waals surface area contributed by atoms with E-state index in [1.165, 1.54) is 4.90 Å². The third kappa shape index (κ3) is 2.41. The molecule has 0 unspecified atom stereocenters. The van der Waals surface area contributed by atoms with Gasteiger partial charge in [-0.1, -0.05) is 6.42 Å². The minimum Gasteiger partial charge on any atom is -0.477 e. The summed E-state index contributed by atoms with van der Waals surface area (Å²) in [4.78, 5) is 36.7. The molecule has 4 N–H and O–H groups in total. The Morgan fingerprint density at radius 1 is 1.42 bits per heavy atom. The summed E-state index contributed by atoms with van der Waals surface area (Å²) in [6.45, 7) is 1.41. The summed E-state index contributed by atoms with van der Waals surface area (Å²) in [5.41, 5.74) is 5.93. The Kier molecular flexibility index (Phi) is 4.35. The van der Waals surface area contributed by atoms with Gasteiger partial charge in [-0.25, -0.2) is 4.79 Å². The number of aliphatic hydroxyl groups excluding tert-OH is 1. The summed E-state index contributed by atoms with van der Waals surface area (Å²) in [5, 5.41) is 19.5. The molecule has 132 valence electrons. The van der Waals surface area contributed by atoms with Crippen LogP contribution >= 0.6 is 0 Å². The van der Waals surface area contributed by atoms with Gasteiger partial charge in [-0.2, -0.15) is 0 Å². The molecule has 5 atom stereocenters. The summed E-state index contributed by atoms with van der Waals surface area (Å²) in [5.74, 6) is -2.90. The minimum atomic E-state index is -1.15. The Hall–Kier alpha value is -1.93. The molecule has 1 saturated heterocycles. The first kappa shape index (κ1) is 16.9. The van der Waals surface area contributed by atoms with Crippen LogP contribution in [-0.4, -0.2) is 58.3 Å². The molecule has 0 aromatic rings. The number of carbonyl (C=O) groups excluding carboxylic acids is 2. The second kappa shape index (κ2) is 6.18. The van der Waals surface area contributed by atoms with Crippen molar-refractivity contribution >= 4 is 17.8 Å². The Balaban J connectivity index is 1.91. The fourth-order valence-electron chi connectivity index (χ4n) is 4.43. The zero-order valence-electron chi connectivity index (χ0n) is 13.5. The molecule has 1 saturated carbocycles. The van der Waals surface area contributed by atoms with Crippen LogP contribution in [0.25, 0.3) is 0 Å². The number of hydrogen-bond acceptors (Lipinski definition) is 6. The fourth-order valence-corrected chi connectivity index (χ4v) is 4.43. The van der Waals surface area contributed by atoms with Crippen molar-refractivity contribution in [2.45, 2.75) is 38.3 Å². The summed E-state index contributed by atoms with van der Waals surface area (Å²) >= 11 is 0. The zero-order valence-corrected chi connectivity index (χ0v) is 13.5. The Bertz CT molecular complexity index is 614. The van der Waals surface area contributed by atoms with Crippen LogP contribution in [0.1, 0.15) is 26.2 Å². The van der Waals surface area contributed by atoms with Gasteiger partial charge in [0.25, 0.3) is 0 Å². The van der Waals surface area contributed by atoms with Crippen molar-refractivity contribution in [3.63, 3.8) is 0 Å². The fraction of sp³-hybridized carbons (Fsp3) is 0.688. The smallest absolute Gasteiger partial charge is 0.352 e. The van der Waals surface area contributed by atoms with E-state index in [1.54, 1.807) is 6.92 Å². The number of aliphatic hydroxyl groups is 1. The van der Waals surface area contributed by atoms with Crippen LogP contribution in [0, 0.1) is 17.8 Å². The van der Waals surface area contributed by atoms with E-state index in [2.05, 4.69) is 0 Å². The number of nitrogens with two attached hydrogens (primary N) is 1. The van der Waals surface area contributed by atoms with Crippen LogP contribution < -0.4 is 5.73 Å². The molecule has 1 amide bonds. The summed E-state index contributed by atoms with van der Waals surface area (Å²) in [6.07, 6.45) is 1.51. The first-order valence-corrected chi connectivity index (χ1v) is 8.22. The van der Waals surface area contributed by atoms with E-state index < -0.39 is 24.0 Å². The maximum Gasteiger partial charge on any atom is 0.352 e. The number of hydrogen-bond donors (Lipinski definition) is 3. The van der Waals surface area contributed by atoms with Gasteiger partial charge < -0.3 is 25.6 Å². The van der Waals surface area contributed by atoms with E-state index in [1.807, 2.05) is 0 Å². The van der Waals surface area contributed by atoms with Gasteiger partial charge in [0.1, 0.15) is 5.70 Å². The van der Waals surface area contributed by atoms with E-state index in [4.69, 9.17) is 10.5 Å². The Labute approximate surface area is 139 Å². The van der Waals surface area contributed by atoms with Crippen molar-refractivity contribution in [1.82, 2.24) is 4.90 Å². The molecule has 2 aliphatic heterocycles. The molecule has 2 fully saturated rings. The highest BCUT2D eigenvalue weighted by Crippen LogP contribution is 2.53. The van der Waals surface area contributed by atoms with E-state index in [-0.39, 0.29) is 42.6 Å². The number of aliphatic carboxylic acids is 1. The van der Waals surface area contributed by atoms with Crippen LogP contribution in [-0.2, 0) is 19.1 Å². The van der Waals surface area contributed by atoms with E-state index in [0.29, 0.717) is 12.0 Å². The molecule has 24 heavy (non-hydrogen) atoms. The number of esters is 1. The lowest BCUT2D eigenvalue weighted by molar-refractivity contribution is -0.163. The van der Waals surface area contributed by atoms with Crippen molar-refractivity contribution in [1.29, 1.82) is 0 Å². The topological polar surface area (TPSA) is 130 Å². The molecule has 0 aromatic carbocycles. The quantitative estimate of drug-likeness (QED) is 0.453. The van der Waals surface area contributed by atoms with E-state index in [0.717, 1.165) is 12.8 Å². The maximum atomic E-state index is 12.3. The number of rotatable bonds is 5. The van der Waals surface area contributed by atoms with Gasteiger partial charge in [-0.05, 0) is 25.3 Å². The Morgan fingerprint density at radius 3 is 2.71 bits per heavy atom. The van der Waals surface area contributed by atoms with Gasteiger partial charge in [0.15, 0.2) is 0 Å². The number of carboxylic acids is 1. The molecular formula is C16H22N2O6. The molecule has 0 spiro atoms. The number of fused-ring (bicyclic) bond motifs is 3. The molecule has 3 aliphatic rings. The van der Waals surface area contributed by atoms with Crippen molar-refractivity contribution < 1.29 is 29.3 Å². The van der Waals surface area contributed by atoms with Gasteiger partial charge >= 0.3 is 11.9 Å². The summed E-state index contributed by atoms with van der Waals surface area (Å²) in [6, 6.07) is -0.299. The van der Waals surface area contributed by atoms with Crippen LogP contribution in [0.3, 0.4) is 0 Å². The number of carboxylic acid groups (broad SMARTS) is 1. The third-order valence-electron chi connectivity index (χ3n) is 5.36. The van der Waals surface area contributed by atoms with Crippen LogP contribution in [0.5, 0.6) is 0 Å². The normalized spacial score (nSPS) is 32.8. The molecule has 1 aliphatic carbocycles. The average molecular weight is 338 g/mol. The molecule has 8 heteroatoms. The molecule has 0 bridgehead atoms. The largest absolute Gasteiger partial charge is 0.477 e. The van der Waals surface area contributed by atoms with Crippen LogP contribution in [0.4, 0.5) is 0 Å². The molecule has 3 rings (SSSR count). The number of ether oxygens (including phenoxy) is 1. The third-order valence-corrected chi connectivity index (χ3v) is 5.36. The second-order valence-electron chi connectivity index (χ2n) is 6.70. The van der Waals surface area contributed by atoms with Gasteiger partial charge in [-0.3, -0.25) is 9.59 Å². The predicted molar refractivity (Wildman–Crippen MR) is 81.3 cm³/mol. The van der Waals surface area contributed by atoms with Gasteiger partial charge in [-0.15, -0.1) is 0 Å². The highest BCUT2D eigenvalue weighted by molar-refractivity contribution is 6.00. The molecule has 2 heterocycles. The first-order chi connectivity index (χ1) is 11.4. The van der Waals surface area contributed by atoms with Gasteiger partial charge in [0.2, 0.25) is 5.91 Å². The minimum absolute atomic E-state index is 0.0143. The zero-order chi connectivity index (χ0) is 17.6. The molecular weight excluding hydrogens is 316 g/mol. The number of carbonyl (C=O) groups is 3. The van der Waals surface area contributed by atoms with Crippen molar-refractivity contribution in [2.75, 3.05) is 13.2 Å². The highest BCUT2D eigenvalue weighted by Gasteiger charge is 2.62. The second-order valence-corrected chi connectivity index (χ2v) is 6.70. The maximum absolute atomic E-state index is 12.3. The molecule has 0 aromatic heterocycles. The monoisotopic (exact) mass is 338 g/mol. The van der Waals surface area contributed by atoms with Crippen LogP contribution in [0.2, 0.25) is 0 Å². The first-order valence-electron chi connectivity index (χ1n) is 8.22. The standard InChI is InChI=1S/C16H22N2O6/c1-7(19)11-13-9-4-2-3-8(6-24-10(20)5-17)12(9)14(16(22)23)18(13)15(11)21/h7-9,11,13,19H,2-6,17H2,1H3,(H,22,23)/t7-,8-,9+,11-,13-/m1/s1. The summed E-state index contributed by atoms with van der Waals surface area (Å²) < 4.78 is 5.12. The van der Waals surface area contributed by atoms with Crippen molar-refractivity contribution in [3.05, 3.63) is 11.3 Å². The SMILES string of the molecule is C[C@@H](O)[C@H]1C(=O)N2C(C(=O)O)=C3[C@@H](COC(=O)CN)CCC[C@@H]3[C@H]12. The average Bonchev–Trinajstić information content (AvgIpc) is 2.83. The van der Waals surface area contributed by atoms with Crippen molar-refractivity contribution in [2.24, 2.45) is 23.5 Å². The highest BCUT2D eigenvalue weighted by atomic mass is 16.5. The lowest BCUT2D eigenvalue weighted by Gasteiger charge is -2.47. The summed E-state index contributed by atoms with van der Waals surface area (Å²) in [7, 11) is 0. The van der Waals surface area contributed by atoms with Gasteiger partial charge in [0, 0.05) is 11.8 Å². The number of nitrogens with zero attached hydrogens (tertiary/aromatic N) is 1. The predicted octanol–water partition coefficient (Wildman–Crippen LogP) is -0.535.